The number of amides is 1. The molecule has 25 heavy (non-hydrogen) atoms. The molecule has 1 amide bonds. The van der Waals surface area contributed by atoms with Crippen LogP contribution < -0.4 is 20.3 Å². The van der Waals surface area contributed by atoms with Gasteiger partial charge in [-0.05, 0) is 30.2 Å². The van der Waals surface area contributed by atoms with Gasteiger partial charge in [-0.2, -0.15) is 0 Å². The quantitative estimate of drug-likeness (QED) is 0.665. The number of phenolic OH excluding ortho intramolecular Hbond substituents is 1. The lowest BCUT2D eigenvalue weighted by molar-refractivity contribution is -0.913. The summed E-state index contributed by atoms with van der Waals surface area (Å²) in [4.78, 5) is 15.6. The SMILES string of the molecule is CC[NH+]1CCc2c(sc3c2C(=O)N[C@@H](c2ccc(O)c(OC)c2)N3)C1. The van der Waals surface area contributed by atoms with Crippen molar-refractivity contribution in [2.75, 3.05) is 25.5 Å². The van der Waals surface area contributed by atoms with Crippen LogP contribution in [0.4, 0.5) is 5.00 Å². The van der Waals surface area contributed by atoms with Gasteiger partial charge in [0.25, 0.3) is 5.91 Å². The smallest absolute Gasteiger partial charge is 0.256 e. The predicted octanol–water partition coefficient (Wildman–Crippen LogP) is 1.28. The first-order chi connectivity index (χ1) is 12.1. The normalized spacial score (nSPS) is 21.8. The summed E-state index contributed by atoms with van der Waals surface area (Å²) in [6.07, 6.45) is 0.626. The van der Waals surface area contributed by atoms with E-state index in [9.17, 15) is 9.90 Å². The number of benzene rings is 1. The molecule has 2 atom stereocenters. The van der Waals surface area contributed by atoms with Crippen molar-refractivity contribution >= 4 is 22.2 Å². The van der Waals surface area contributed by atoms with E-state index in [2.05, 4.69) is 17.6 Å². The van der Waals surface area contributed by atoms with Crippen LogP contribution in [0.15, 0.2) is 18.2 Å². The molecule has 2 aromatic rings. The Balaban J connectivity index is 1.66. The zero-order valence-corrected chi connectivity index (χ0v) is 15.1. The van der Waals surface area contributed by atoms with E-state index in [1.807, 2.05) is 0 Å². The van der Waals surface area contributed by atoms with Crippen molar-refractivity contribution in [2.24, 2.45) is 0 Å². The Morgan fingerprint density at radius 3 is 3.00 bits per heavy atom. The van der Waals surface area contributed by atoms with Crippen LogP contribution in [0.5, 0.6) is 11.5 Å². The average molecular weight is 360 g/mol. The summed E-state index contributed by atoms with van der Waals surface area (Å²) in [6.45, 7) is 5.39. The number of hydrogen-bond acceptors (Lipinski definition) is 5. The van der Waals surface area contributed by atoms with Crippen LogP contribution in [0.1, 0.15) is 39.5 Å². The van der Waals surface area contributed by atoms with Gasteiger partial charge < -0.3 is 25.4 Å². The van der Waals surface area contributed by atoms with E-state index in [0.29, 0.717) is 5.75 Å². The highest BCUT2D eigenvalue weighted by molar-refractivity contribution is 7.16. The molecule has 0 aliphatic carbocycles. The number of carbonyl (C=O) groups is 1. The second kappa shape index (κ2) is 6.24. The molecule has 6 nitrogen and oxygen atoms in total. The average Bonchev–Trinajstić information content (AvgIpc) is 2.99. The van der Waals surface area contributed by atoms with E-state index in [4.69, 9.17) is 4.74 Å². The van der Waals surface area contributed by atoms with Gasteiger partial charge in [-0.1, -0.05) is 6.07 Å². The number of quaternary nitrogens is 1. The van der Waals surface area contributed by atoms with Crippen LogP contribution in [0.25, 0.3) is 0 Å². The van der Waals surface area contributed by atoms with Crippen LogP contribution in [0, 0.1) is 0 Å². The Kier molecular flexibility index (Phi) is 4.05. The van der Waals surface area contributed by atoms with E-state index in [1.165, 1.54) is 17.6 Å². The third-order valence-electron chi connectivity index (χ3n) is 5.04. The summed E-state index contributed by atoms with van der Waals surface area (Å²) >= 11 is 1.70. The molecule has 0 fully saturated rings. The summed E-state index contributed by atoms with van der Waals surface area (Å²) in [6, 6.07) is 5.12. The van der Waals surface area contributed by atoms with Gasteiger partial charge in [-0.25, -0.2) is 0 Å². The number of methoxy groups -OCH3 is 1. The molecule has 0 radical (unpaired) electrons. The third kappa shape index (κ3) is 2.73. The van der Waals surface area contributed by atoms with Gasteiger partial charge in [-0.15, -0.1) is 11.3 Å². The van der Waals surface area contributed by atoms with Gasteiger partial charge in [0.2, 0.25) is 0 Å². The van der Waals surface area contributed by atoms with Crippen LogP contribution in [0.3, 0.4) is 0 Å². The number of carbonyl (C=O) groups excluding carboxylic acids is 1. The van der Waals surface area contributed by atoms with Gasteiger partial charge in [0.15, 0.2) is 11.5 Å². The molecule has 3 heterocycles. The van der Waals surface area contributed by atoms with Crippen LogP contribution in [-0.4, -0.2) is 31.2 Å². The molecule has 0 spiro atoms. The number of thiophene rings is 1. The number of rotatable bonds is 3. The zero-order valence-electron chi connectivity index (χ0n) is 14.3. The maximum absolute atomic E-state index is 12.7. The lowest BCUT2D eigenvalue weighted by atomic mass is 10.0. The van der Waals surface area contributed by atoms with Gasteiger partial charge in [0, 0.05) is 6.42 Å². The third-order valence-corrected chi connectivity index (χ3v) is 6.21. The second-order valence-electron chi connectivity index (χ2n) is 6.47. The van der Waals surface area contributed by atoms with Crippen molar-refractivity contribution in [3.63, 3.8) is 0 Å². The van der Waals surface area contributed by atoms with E-state index in [0.717, 1.165) is 42.2 Å². The molecule has 0 bridgehead atoms. The van der Waals surface area contributed by atoms with Gasteiger partial charge >= 0.3 is 0 Å². The van der Waals surface area contributed by atoms with Gasteiger partial charge in [0.05, 0.1) is 30.6 Å². The van der Waals surface area contributed by atoms with E-state index < -0.39 is 0 Å². The summed E-state index contributed by atoms with van der Waals surface area (Å²) in [5.74, 6) is 0.457. The van der Waals surface area contributed by atoms with Crippen LogP contribution in [0.2, 0.25) is 0 Å². The predicted molar refractivity (Wildman–Crippen MR) is 96.6 cm³/mol. The fourth-order valence-electron chi connectivity index (χ4n) is 3.59. The molecule has 1 unspecified atom stereocenters. The van der Waals surface area contributed by atoms with Gasteiger partial charge in [-0.3, -0.25) is 4.79 Å². The molecular formula is C18H22N3O3S+. The van der Waals surface area contributed by atoms with Crippen LogP contribution in [-0.2, 0) is 13.0 Å². The Bertz CT molecular complexity index is 833. The molecule has 1 aromatic heterocycles. The maximum Gasteiger partial charge on any atom is 0.256 e. The highest BCUT2D eigenvalue weighted by atomic mass is 32.1. The minimum Gasteiger partial charge on any atom is -0.504 e. The molecule has 2 aliphatic heterocycles. The fraction of sp³-hybridized carbons (Fsp3) is 0.389. The van der Waals surface area contributed by atoms with Crippen LogP contribution >= 0.6 is 11.3 Å². The Labute approximate surface area is 150 Å². The Morgan fingerprint density at radius 2 is 2.24 bits per heavy atom. The number of phenols is 1. The number of ether oxygens (including phenoxy) is 1. The molecular weight excluding hydrogens is 338 g/mol. The lowest BCUT2D eigenvalue weighted by Gasteiger charge is -2.27. The molecule has 7 heteroatoms. The number of aromatic hydroxyl groups is 1. The fourth-order valence-corrected chi connectivity index (χ4v) is 4.94. The molecule has 0 saturated heterocycles. The summed E-state index contributed by atoms with van der Waals surface area (Å²) < 4.78 is 5.17. The zero-order chi connectivity index (χ0) is 17.6. The lowest BCUT2D eigenvalue weighted by Crippen LogP contribution is -3.11. The van der Waals surface area contributed by atoms with Crippen molar-refractivity contribution < 1.29 is 19.5 Å². The number of anilines is 1. The van der Waals surface area contributed by atoms with Crippen molar-refractivity contribution in [3.05, 3.63) is 39.8 Å². The first-order valence-corrected chi connectivity index (χ1v) is 9.34. The molecule has 4 rings (SSSR count). The second-order valence-corrected chi connectivity index (χ2v) is 7.58. The standard InChI is InChI=1S/C18H21N3O3S/c1-3-21-7-6-11-14(9-21)25-18-15(11)17(23)19-16(20-18)10-4-5-12(22)13(8-10)24-2/h4-5,8,16,20,22H,3,6-7,9H2,1-2H3,(H,19,23)/p+1/t16-/m1/s1. The molecule has 0 saturated carbocycles. The Morgan fingerprint density at radius 1 is 1.40 bits per heavy atom. The van der Waals surface area contributed by atoms with E-state index in [-0.39, 0.29) is 17.8 Å². The molecule has 1 aromatic carbocycles. The summed E-state index contributed by atoms with van der Waals surface area (Å²) in [5, 5.41) is 17.2. The van der Waals surface area contributed by atoms with E-state index in [1.54, 1.807) is 34.4 Å². The minimum atomic E-state index is -0.329. The number of likely N-dealkylation sites (N-methyl/N-ethyl adjacent to an activating group) is 1. The monoisotopic (exact) mass is 360 g/mol. The Hall–Kier alpha value is -2.25. The molecule has 2 aliphatic rings. The number of fused-ring (bicyclic) bond motifs is 3. The number of hydrogen-bond donors (Lipinski definition) is 4. The summed E-state index contributed by atoms with van der Waals surface area (Å²) in [7, 11) is 1.51. The molecule has 132 valence electrons. The summed E-state index contributed by atoms with van der Waals surface area (Å²) in [5.41, 5.74) is 2.88. The number of nitrogens with one attached hydrogen (secondary N) is 3. The molecule has 4 N–H and O–H groups in total. The van der Waals surface area contributed by atoms with Crippen molar-refractivity contribution in [2.45, 2.75) is 26.1 Å². The first kappa shape index (κ1) is 16.2. The van der Waals surface area contributed by atoms with Crippen molar-refractivity contribution in [1.82, 2.24) is 5.32 Å². The topological polar surface area (TPSA) is 75.0 Å². The largest absolute Gasteiger partial charge is 0.504 e. The highest BCUT2D eigenvalue weighted by Gasteiger charge is 2.34. The first-order valence-electron chi connectivity index (χ1n) is 8.53. The highest BCUT2D eigenvalue weighted by Crippen LogP contribution is 2.39. The minimum absolute atomic E-state index is 0.0248. The van der Waals surface area contributed by atoms with E-state index >= 15 is 0 Å². The maximum atomic E-state index is 12.7. The van der Waals surface area contributed by atoms with Crippen molar-refractivity contribution in [3.8, 4) is 11.5 Å². The van der Waals surface area contributed by atoms with Crippen molar-refractivity contribution in [1.29, 1.82) is 0 Å². The van der Waals surface area contributed by atoms with Gasteiger partial charge in [0.1, 0.15) is 17.7 Å².